The van der Waals surface area contributed by atoms with E-state index in [2.05, 4.69) is 35.1 Å². The fraction of sp³-hybridized carbons (Fsp3) is 0.333. The molecule has 0 aromatic heterocycles. The smallest absolute Gasteiger partial charge is 0.261 e. The number of rotatable bonds is 12. The van der Waals surface area contributed by atoms with Gasteiger partial charge < -0.3 is 15.0 Å². The van der Waals surface area contributed by atoms with Crippen molar-refractivity contribution in [3.8, 4) is 5.75 Å². The van der Waals surface area contributed by atoms with Crippen LogP contribution in [0.15, 0.2) is 77.3 Å². The quantitative estimate of drug-likeness (QED) is 0.255. The predicted octanol–water partition coefficient (Wildman–Crippen LogP) is 6.77. The summed E-state index contributed by atoms with van der Waals surface area (Å²) in [7, 11) is 0. The van der Waals surface area contributed by atoms with Crippen molar-refractivity contribution in [1.29, 1.82) is 0 Å². The van der Waals surface area contributed by atoms with Gasteiger partial charge in [-0.05, 0) is 69.2 Å². The highest BCUT2D eigenvalue weighted by molar-refractivity contribution is 9.10. The van der Waals surface area contributed by atoms with Crippen LogP contribution in [0.5, 0.6) is 5.75 Å². The second-order valence-corrected chi connectivity index (χ2v) is 10.6. The van der Waals surface area contributed by atoms with E-state index in [-0.39, 0.29) is 25.0 Å². The summed E-state index contributed by atoms with van der Waals surface area (Å²) >= 11 is 9.79. The Balaban J connectivity index is 1.89. The van der Waals surface area contributed by atoms with Gasteiger partial charge in [0.1, 0.15) is 11.8 Å². The van der Waals surface area contributed by atoms with Gasteiger partial charge in [0.15, 0.2) is 6.61 Å². The van der Waals surface area contributed by atoms with Crippen molar-refractivity contribution in [3.05, 3.63) is 99.0 Å². The number of nitrogens with zero attached hydrogens (tertiary/aromatic N) is 1. The normalized spacial score (nSPS) is 11.7. The molecule has 0 aliphatic heterocycles. The van der Waals surface area contributed by atoms with Gasteiger partial charge in [0, 0.05) is 24.5 Å². The van der Waals surface area contributed by atoms with Crippen LogP contribution in [0.2, 0.25) is 5.02 Å². The summed E-state index contributed by atoms with van der Waals surface area (Å²) in [5.41, 5.74) is 2.98. The molecular formula is C30H34BrClN2O3. The number of carbonyl (C=O) groups excluding carboxylic acids is 2. The average molecular weight is 586 g/mol. The van der Waals surface area contributed by atoms with E-state index in [0.717, 1.165) is 22.0 Å². The zero-order chi connectivity index (χ0) is 26.8. The lowest BCUT2D eigenvalue weighted by molar-refractivity contribution is -0.142. The number of amides is 2. The molecule has 0 saturated carbocycles. The maximum Gasteiger partial charge on any atom is 0.261 e. The van der Waals surface area contributed by atoms with Crippen LogP contribution in [0.25, 0.3) is 0 Å². The van der Waals surface area contributed by atoms with Gasteiger partial charge in [-0.25, -0.2) is 0 Å². The summed E-state index contributed by atoms with van der Waals surface area (Å²) in [6.07, 6.45) is 1.19. The van der Waals surface area contributed by atoms with Crippen molar-refractivity contribution < 1.29 is 14.3 Å². The molecule has 5 nitrogen and oxygen atoms in total. The van der Waals surface area contributed by atoms with Crippen molar-refractivity contribution in [2.45, 2.75) is 52.1 Å². The molecule has 0 fully saturated rings. The molecule has 1 atom stereocenters. The summed E-state index contributed by atoms with van der Waals surface area (Å²) in [6, 6.07) is 22.2. The largest absolute Gasteiger partial charge is 0.483 e. The number of carbonyl (C=O) groups is 2. The van der Waals surface area contributed by atoms with Crippen LogP contribution in [-0.2, 0) is 22.6 Å². The zero-order valence-electron chi connectivity index (χ0n) is 21.5. The molecule has 7 heteroatoms. The van der Waals surface area contributed by atoms with E-state index in [0.29, 0.717) is 29.7 Å². The Morgan fingerprint density at radius 2 is 1.73 bits per heavy atom. The summed E-state index contributed by atoms with van der Waals surface area (Å²) < 4.78 is 6.73. The first kappa shape index (κ1) is 28.7. The van der Waals surface area contributed by atoms with Crippen LogP contribution in [-0.4, -0.2) is 35.9 Å². The molecule has 0 unspecified atom stereocenters. The Morgan fingerprint density at radius 3 is 2.38 bits per heavy atom. The highest BCUT2D eigenvalue weighted by Crippen LogP contribution is 2.29. The molecule has 3 aromatic carbocycles. The van der Waals surface area contributed by atoms with Crippen LogP contribution in [0.3, 0.4) is 0 Å². The Bertz CT molecular complexity index is 1190. The van der Waals surface area contributed by atoms with Gasteiger partial charge in [0.25, 0.3) is 5.91 Å². The molecule has 0 saturated heterocycles. The third-order valence-electron chi connectivity index (χ3n) is 6.04. The van der Waals surface area contributed by atoms with Crippen LogP contribution in [0.4, 0.5) is 0 Å². The third kappa shape index (κ3) is 8.61. The van der Waals surface area contributed by atoms with E-state index < -0.39 is 6.04 Å². The highest BCUT2D eigenvalue weighted by Gasteiger charge is 2.30. The minimum Gasteiger partial charge on any atom is -0.483 e. The molecule has 0 spiro atoms. The molecule has 2 amide bonds. The van der Waals surface area contributed by atoms with Crippen LogP contribution in [0, 0.1) is 0 Å². The van der Waals surface area contributed by atoms with Gasteiger partial charge in [-0.3, -0.25) is 9.59 Å². The molecule has 3 aromatic rings. The summed E-state index contributed by atoms with van der Waals surface area (Å²) in [5.74, 6) is 0.479. The van der Waals surface area contributed by atoms with E-state index in [1.165, 1.54) is 5.56 Å². The molecule has 0 heterocycles. The third-order valence-corrected chi connectivity index (χ3v) is 6.89. The maximum absolute atomic E-state index is 13.7. The van der Waals surface area contributed by atoms with Gasteiger partial charge in [-0.1, -0.05) is 80.9 Å². The van der Waals surface area contributed by atoms with Crippen LogP contribution < -0.4 is 10.1 Å². The summed E-state index contributed by atoms with van der Waals surface area (Å²) in [6.45, 7) is 6.80. The molecule has 1 N–H and O–H groups in total. The SMILES string of the molecule is CCCNC(=O)[C@@H](Cc1ccccc1)N(Cc1cccc(Cl)c1)C(=O)COc1ccc(C(C)C)cc1Br. The van der Waals surface area contributed by atoms with Crippen LogP contribution >= 0.6 is 27.5 Å². The standard InChI is InChI=1S/C30H34BrClN2O3/c1-4-15-33-30(36)27(17-22-9-6-5-7-10-22)34(19-23-11-8-12-25(32)16-23)29(35)20-37-28-14-13-24(21(2)3)18-26(28)31/h5-14,16,18,21,27H,4,15,17,19-20H2,1-3H3,(H,33,36)/t27-/m1/s1. The molecule has 0 aliphatic carbocycles. The van der Waals surface area contributed by atoms with Crippen LogP contribution in [0.1, 0.15) is 49.8 Å². The minimum atomic E-state index is -0.712. The van der Waals surface area contributed by atoms with Crippen molar-refractivity contribution in [2.75, 3.05) is 13.2 Å². The van der Waals surface area contributed by atoms with Gasteiger partial charge >= 0.3 is 0 Å². The zero-order valence-corrected chi connectivity index (χ0v) is 23.9. The summed E-state index contributed by atoms with van der Waals surface area (Å²) in [4.78, 5) is 28.6. The van der Waals surface area contributed by atoms with Gasteiger partial charge in [-0.2, -0.15) is 0 Å². The molecule has 0 aliphatic rings. The topological polar surface area (TPSA) is 58.6 Å². The van der Waals surface area contributed by atoms with Gasteiger partial charge in [0.05, 0.1) is 4.47 Å². The van der Waals surface area contributed by atoms with E-state index in [1.54, 1.807) is 11.0 Å². The molecule has 37 heavy (non-hydrogen) atoms. The van der Waals surface area contributed by atoms with Gasteiger partial charge in [0.2, 0.25) is 5.91 Å². The minimum absolute atomic E-state index is 0.191. The molecule has 0 radical (unpaired) electrons. The van der Waals surface area contributed by atoms with Crippen molar-refractivity contribution in [1.82, 2.24) is 10.2 Å². The van der Waals surface area contributed by atoms with Crippen molar-refractivity contribution >= 4 is 39.3 Å². The number of hydrogen-bond donors (Lipinski definition) is 1. The molecular weight excluding hydrogens is 552 g/mol. The first-order chi connectivity index (χ1) is 17.8. The van der Waals surface area contributed by atoms with Gasteiger partial charge in [-0.15, -0.1) is 0 Å². The monoisotopic (exact) mass is 584 g/mol. The van der Waals surface area contributed by atoms with E-state index >= 15 is 0 Å². The number of hydrogen-bond acceptors (Lipinski definition) is 3. The molecule has 3 rings (SSSR count). The van der Waals surface area contributed by atoms with E-state index in [1.807, 2.05) is 73.7 Å². The fourth-order valence-corrected chi connectivity index (χ4v) is 4.69. The fourth-order valence-electron chi connectivity index (χ4n) is 3.97. The number of ether oxygens (including phenoxy) is 1. The first-order valence-corrected chi connectivity index (χ1v) is 13.7. The predicted molar refractivity (Wildman–Crippen MR) is 153 cm³/mol. The lowest BCUT2D eigenvalue weighted by Gasteiger charge is -2.31. The van der Waals surface area contributed by atoms with Crippen molar-refractivity contribution in [3.63, 3.8) is 0 Å². The second-order valence-electron chi connectivity index (χ2n) is 9.28. The highest BCUT2D eigenvalue weighted by atomic mass is 79.9. The van der Waals surface area contributed by atoms with Crippen molar-refractivity contribution in [2.24, 2.45) is 0 Å². The molecule has 196 valence electrons. The Morgan fingerprint density at radius 1 is 1.00 bits per heavy atom. The second kappa shape index (κ2) is 14.2. The lowest BCUT2D eigenvalue weighted by atomic mass is 10.0. The number of halogens is 2. The average Bonchev–Trinajstić information content (AvgIpc) is 2.89. The Kier molecular flexibility index (Phi) is 11.0. The Hall–Kier alpha value is -2.83. The summed E-state index contributed by atoms with van der Waals surface area (Å²) in [5, 5.41) is 3.55. The number of nitrogens with one attached hydrogen (secondary N) is 1. The molecule has 0 bridgehead atoms. The maximum atomic E-state index is 13.7. The van der Waals surface area contributed by atoms with E-state index in [9.17, 15) is 9.59 Å². The number of benzene rings is 3. The first-order valence-electron chi connectivity index (χ1n) is 12.6. The lowest BCUT2D eigenvalue weighted by Crippen LogP contribution is -2.51. The van der Waals surface area contributed by atoms with E-state index in [4.69, 9.17) is 16.3 Å². The Labute approximate surface area is 233 Å².